The summed E-state index contributed by atoms with van der Waals surface area (Å²) in [5.74, 6) is -1.35. The van der Waals surface area contributed by atoms with Gasteiger partial charge in [0.05, 0.1) is 6.42 Å². The molecule has 1 atom stereocenters. The molecule has 2 N–H and O–H groups in total. The molecule has 0 heterocycles. The maximum absolute atomic E-state index is 11.7. The highest BCUT2D eigenvalue weighted by molar-refractivity contribution is 5.84. The van der Waals surface area contributed by atoms with E-state index in [4.69, 9.17) is 9.84 Å². The van der Waals surface area contributed by atoms with Gasteiger partial charge in [0.2, 0.25) is 5.91 Å². The molecule has 0 aliphatic heterocycles. The lowest BCUT2D eigenvalue weighted by Crippen LogP contribution is -2.42. The molecule has 1 aromatic rings. The predicted molar refractivity (Wildman–Crippen MR) is 66.2 cm³/mol. The van der Waals surface area contributed by atoms with Crippen molar-refractivity contribution in [2.45, 2.75) is 18.9 Å². The van der Waals surface area contributed by atoms with Gasteiger partial charge in [-0.1, -0.05) is 30.3 Å². The third kappa shape index (κ3) is 4.97. The molecule has 0 aromatic heterocycles. The van der Waals surface area contributed by atoms with E-state index in [0.717, 1.165) is 5.56 Å². The number of carboxylic acid groups (broad SMARTS) is 1. The molecule has 5 nitrogen and oxygen atoms in total. The first kappa shape index (κ1) is 14.2. The van der Waals surface area contributed by atoms with E-state index in [0.29, 0.717) is 6.61 Å². The van der Waals surface area contributed by atoms with Crippen LogP contribution in [-0.2, 0) is 20.7 Å². The zero-order chi connectivity index (χ0) is 13.4. The van der Waals surface area contributed by atoms with Gasteiger partial charge in [-0.15, -0.1) is 0 Å². The van der Waals surface area contributed by atoms with Gasteiger partial charge in [-0.3, -0.25) is 4.79 Å². The zero-order valence-electron chi connectivity index (χ0n) is 10.3. The molecule has 5 heteroatoms. The van der Waals surface area contributed by atoms with E-state index in [1.54, 1.807) is 0 Å². The molecule has 0 saturated carbocycles. The second-order valence-electron chi connectivity index (χ2n) is 3.90. The van der Waals surface area contributed by atoms with E-state index in [1.807, 2.05) is 30.3 Å². The van der Waals surface area contributed by atoms with Gasteiger partial charge in [-0.25, -0.2) is 4.79 Å². The van der Waals surface area contributed by atoms with Crippen LogP contribution in [0.2, 0.25) is 0 Å². The molecule has 0 radical (unpaired) electrons. The lowest BCUT2D eigenvalue weighted by Gasteiger charge is -2.13. The smallest absolute Gasteiger partial charge is 0.326 e. The summed E-state index contributed by atoms with van der Waals surface area (Å²) in [7, 11) is 1.49. The molecule has 0 aliphatic carbocycles. The standard InChI is InChI=1S/C13H17NO4/c1-18-8-7-11(13(16)17)14-12(15)9-10-5-3-2-4-6-10/h2-6,11H,7-9H2,1H3,(H,14,15)(H,16,17). The summed E-state index contributed by atoms with van der Waals surface area (Å²) >= 11 is 0. The quantitative estimate of drug-likeness (QED) is 0.752. The van der Waals surface area contributed by atoms with E-state index in [-0.39, 0.29) is 18.7 Å². The number of carbonyl (C=O) groups excluding carboxylic acids is 1. The highest BCUT2D eigenvalue weighted by Gasteiger charge is 2.19. The Labute approximate surface area is 106 Å². The Balaban J connectivity index is 2.48. The Hall–Kier alpha value is -1.88. The Bertz CT molecular complexity index is 391. The molecular formula is C13H17NO4. The number of methoxy groups -OCH3 is 1. The van der Waals surface area contributed by atoms with Crippen LogP contribution in [0.5, 0.6) is 0 Å². The number of hydrogen-bond donors (Lipinski definition) is 2. The number of amides is 1. The van der Waals surface area contributed by atoms with Gasteiger partial charge in [0.1, 0.15) is 6.04 Å². The van der Waals surface area contributed by atoms with Crippen molar-refractivity contribution >= 4 is 11.9 Å². The molecule has 0 bridgehead atoms. The summed E-state index contributed by atoms with van der Waals surface area (Å²) in [6.45, 7) is 0.294. The summed E-state index contributed by atoms with van der Waals surface area (Å²) in [4.78, 5) is 22.6. The highest BCUT2D eigenvalue weighted by atomic mass is 16.5. The van der Waals surface area contributed by atoms with Crippen molar-refractivity contribution < 1.29 is 19.4 Å². The normalized spacial score (nSPS) is 11.8. The van der Waals surface area contributed by atoms with Crippen molar-refractivity contribution in [3.8, 4) is 0 Å². The molecule has 0 aliphatic rings. The van der Waals surface area contributed by atoms with Crippen LogP contribution in [0.25, 0.3) is 0 Å². The minimum atomic E-state index is -1.05. The van der Waals surface area contributed by atoms with Crippen LogP contribution in [0.4, 0.5) is 0 Å². The van der Waals surface area contributed by atoms with Crippen molar-refractivity contribution in [1.82, 2.24) is 5.32 Å². The van der Waals surface area contributed by atoms with Crippen molar-refractivity contribution in [1.29, 1.82) is 0 Å². The van der Waals surface area contributed by atoms with Gasteiger partial charge in [0.25, 0.3) is 0 Å². The molecule has 1 amide bonds. The fourth-order valence-electron chi connectivity index (χ4n) is 1.52. The maximum atomic E-state index is 11.7. The summed E-state index contributed by atoms with van der Waals surface area (Å²) in [6.07, 6.45) is 0.434. The van der Waals surface area contributed by atoms with Crippen molar-refractivity contribution in [2.75, 3.05) is 13.7 Å². The Kier molecular flexibility index (Phi) is 5.87. The predicted octanol–water partition coefficient (Wildman–Crippen LogP) is 0.835. The highest BCUT2D eigenvalue weighted by Crippen LogP contribution is 2.01. The molecule has 98 valence electrons. The summed E-state index contributed by atoms with van der Waals surface area (Å²) in [5, 5.41) is 11.4. The minimum Gasteiger partial charge on any atom is -0.480 e. The summed E-state index contributed by atoms with van der Waals surface area (Å²) in [5.41, 5.74) is 0.853. The molecule has 1 rings (SSSR count). The fourth-order valence-corrected chi connectivity index (χ4v) is 1.52. The van der Waals surface area contributed by atoms with E-state index >= 15 is 0 Å². The molecule has 1 unspecified atom stereocenters. The van der Waals surface area contributed by atoms with Gasteiger partial charge < -0.3 is 15.2 Å². The molecule has 0 spiro atoms. The van der Waals surface area contributed by atoms with E-state index in [2.05, 4.69) is 5.32 Å². The van der Waals surface area contributed by atoms with Crippen molar-refractivity contribution in [3.05, 3.63) is 35.9 Å². The minimum absolute atomic E-state index is 0.178. The second-order valence-corrected chi connectivity index (χ2v) is 3.90. The first-order valence-electron chi connectivity index (χ1n) is 5.68. The molecule has 18 heavy (non-hydrogen) atoms. The monoisotopic (exact) mass is 251 g/mol. The molecular weight excluding hydrogens is 234 g/mol. The van der Waals surface area contributed by atoms with Crippen LogP contribution in [0.15, 0.2) is 30.3 Å². The topological polar surface area (TPSA) is 75.6 Å². The Morgan fingerprint density at radius 1 is 1.33 bits per heavy atom. The first-order chi connectivity index (χ1) is 8.63. The van der Waals surface area contributed by atoms with E-state index in [1.165, 1.54) is 7.11 Å². The average Bonchev–Trinajstić information content (AvgIpc) is 2.35. The van der Waals surface area contributed by atoms with E-state index < -0.39 is 12.0 Å². The molecule has 0 fully saturated rings. The summed E-state index contributed by atoms with van der Waals surface area (Å²) in [6, 6.07) is 8.28. The first-order valence-corrected chi connectivity index (χ1v) is 5.68. The van der Waals surface area contributed by atoms with Gasteiger partial charge in [-0.2, -0.15) is 0 Å². The lowest BCUT2D eigenvalue weighted by atomic mass is 10.1. The van der Waals surface area contributed by atoms with Gasteiger partial charge in [0, 0.05) is 20.1 Å². The van der Waals surface area contributed by atoms with E-state index in [9.17, 15) is 9.59 Å². The van der Waals surface area contributed by atoms with Gasteiger partial charge in [0.15, 0.2) is 0 Å². The second kappa shape index (κ2) is 7.45. The van der Waals surface area contributed by atoms with Crippen molar-refractivity contribution in [3.63, 3.8) is 0 Å². The van der Waals surface area contributed by atoms with Crippen LogP contribution in [-0.4, -0.2) is 36.7 Å². The largest absolute Gasteiger partial charge is 0.480 e. The lowest BCUT2D eigenvalue weighted by molar-refractivity contribution is -0.142. The zero-order valence-corrected chi connectivity index (χ0v) is 10.3. The number of aliphatic carboxylic acids is 1. The van der Waals surface area contributed by atoms with Crippen LogP contribution < -0.4 is 5.32 Å². The number of rotatable bonds is 7. The van der Waals surface area contributed by atoms with Crippen LogP contribution >= 0.6 is 0 Å². The number of carboxylic acids is 1. The summed E-state index contributed by atoms with van der Waals surface area (Å²) < 4.78 is 4.81. The average molecular weight is 251 g/mol. The number of nitrogens with one attached hydrogen (secondary N) is 1. The van der Waals surface area contributed by atoms with Crippen LogP contribution in [0.3, 0.4) is 0 Å². The van der Waals surface area contributed by atoms with Crippen LogP contribution in [0, 0.1) is 0 Å². The Morgan fingerprint density at radius 2 is 2.00 bits per heavy atom. The van der Waals surface area contributed by atoms with Gasteiger partial charge in [-0.05, 0) is 5.56 Å². The number of ether oxygens (including phenoxy) is 1. The van der Waals surface area contributed by atoms with Gasteiger partial charge >= 0.3 is 5.97 Å². The Morgan fingerprint density at radius 3 is 2.56 bits per heavy atom. The SMILES string of the molecule is COCCC(NC(=O)Cc1ccccc1)C(=O)O. The van der Waals surface area contributed by atoms with Crippen molar-refractivity contribution in [2.24, 2.45) is 0 Å². The molecule has 0 saturated heterocycles. The maximum Gasteiger partial charge on any atom is 0.326 e. The number of benzene rings is 1. The fraction of sp³-hybridized carbons (Fsp3) is 0.385. The molecule has 1 aromatic carbocycles. The third-order valence-electron chi connectivity index (χ3n) is 2.45. The third-order valence-corrected chi connectivity index (χ3v) is 2.45. The number of hydrogen-bond acceptors (Lipinski definition) is 3. The van der Waals surface area contributed by atoms with Crippen LogP contribution in [0.1, 0.15) is 12.0 Å². The number of carbonyl (C=O) groups is 2.